The Bertz CT molecular complexity index is 834. The minimum Gasteiger partial charge on any atom is -0.325 e. The van der Waals surface area contributed by atoms with Crippen molar-refractivity contribution in [3.8, 4) is 12.3 Å². The smallest absolute Gasteiger partial charge is 0.325 e. The maximum Gasteiger partial charge on any atom is 0.417 e. The van der Waals surface area contributed by atoms with Crippen molar-refractivity contribution < 1.29 is 26.4 Å². The molecule has 0 radical (unpaired) electrons. The van der Waals surface area contributed by atoms with E-state index in [1.807, 2.05) is 0 Å². The summed E-state index contributed by atoms with van der Waals surface area (Å²) in [5, 5.41) is 1.89. The number of carbonyl (C=O) groups excluding carboxylic acids is 1. The standard InChI is InChI=1S/C16H16ClF3N2O3S/c1-2-6-22(12-5-7-26(24,25)10-12)9-15(23)21-11-3-4-14(17)13(8-11)16(18,19)20/h1,3-4,8,12H,5-7,9-10H2,(H,21,23). The van der Waals surface area contributed by atoms with Gasteiger partial charge in [-0.1, -0.05) is 17.5 Å². The third kappa shape index (κ3) is 5.37. The van der Waals surface area contributed by atoms with Crippen LogP contribution in [0.3, 0.4) is 0 Å². The van der Waals surface area contributed by atoms with Crippen LogP contribution >= 0.6 is 11.6 Å². The maximum atomic E-state index is 12.9. The van der Waals surface area contributed by atoms with Crippen LogP contribution < -0.4 is 5.32 Å². The van der Waals surface area contributed by atoms with Crippen LogP contribution in [0.2, 0.25) is 5.02 Å². The first-order valence-corrected chi connectivity index (χ1v) is 9.76. The second-order valence-electron chi connectivity index (χ2n) is 5.91. The molecule has 5 nitrogen and oxygen atoms in total. The molecule has 1 aromatic carbocycles. The highest BCUT2D eigenvalue weighted by Crippen LogP contribution is 2.36. The number of rotatable bonds is 5. The average Bonchev–Trinajstić information content (AvgIpc) is 2.88. The van der Waals surface area contributed by atoms with E-state index in [0.717, 1.165) is 12.1 Å². The molecule has 26 heavy (non-hydrogen) atoms. The van der Waals surface area contributed by atoms with Gasteiger partial charge in [0.15, 0.2) is 9.84 Å². The van der Waals surface area contributed by atoms with Crippen LogP contribution in [-0.2, 0) is 20.8 Å². The van der Waals surface area contributed by atoms with Crippen LogP contribution in [0.25, 0.3) is 0 Å². The van der Waals surface area contributed by atoms with Crippen molar-refractivity contribution >= 4 is 33.0 Å². The number of nitrogens with one attached hydrogen (secondary N) is 1. The molecule has 0 spiro atoms. The molecule has 10 heteroatoms. The number of halogens is 4. The van der Waals surface area contributed by atoms with Gasteiger partial charge in [-0.25, -0.2) is 8.42 Å². The molecule has 142 valence electrons. The Balaban J connectivity index is 2.08. The van der Waals surface area contributed by atoms with Crippen LogP contribution in [-0.4, -0.2) is 49.9 Å². The van der Waals surface area contributed by atoms with Gasteiger partial charge in [0.1, 0.15) is 0 Å². The lowest BCUT2D eigenvalue weighted by Gasteiger charge is -2.25. The van der Waals surface area contributed by atoms with Crippen molar-refractivity contribution in [3.05, 3.63) is 28.8 Å². The lowest BCUT2D eigenvalue weighted by atomic mass is 10.2. The van der Waals surface area contributed by atoms with Crippen LogP contribution in [0.1, 0.15) is 12.0 Å². The molecule has 0 aromatic heterocycles. The molecule has 1 fully saturated rings. The third-order valence-electron chi connectivity index (χ3n) is 3.92. The molecule has 1 saturated heterocycles. The minimum absolute atomic E-state index is 0.0203. The van der Waals surface area contributed by atoms with Gasteiger partial charge in [0, 0.05) is 11.7 Å². The summed E-state index contributed by atoms with van der Waals surface area (Å²) in [6, 6.07) is 2.65. The molecule has 0 bridgehead atoms. The molecule has 1 aliphatic heterocycles. The van der Waals surface area contributed by atoms with E-state index in [4.69, 9.17) is 18.0 Å². The lowest BCUT2D eigenvalue weighted by Crippen LogP contribution is -2.41. The van der Waals surface area contributed by atoms with Gasteiger partial charge in [0.25, 0.3) is 0 Å². The quantitative estimate of drug-likeness (QED) is 0.760. The van der Waals surface area contributed by atoms with Crippen molar-refractivity contribution in [2.75, 3.05) is 29.9 Å². The number of amides is 1. The predicted octanol–water partition coefficient (Wildman–Crippen LogP) is 2.42. The van der Waals surface area contributed by atoms with Crippen molar-refractivity contribution in [2.45, 2.75) is 18.6 Å². The molecule has 1 unspecified atom stereocenters. The number of nitrogens with zero attached hydrogens (tertiary/aromatic N) is 1. The van der Waals surface area contributed by atoms with E-state index in [1.165, 1.54) is 11.0 Å². The second-order valence-corrected chi connectivity index (χ2v) is 8.54. The number of benzene rings is 1. The van der Waals surface area contributed by atoms with Gasteiger partial charge >= 0.3 is 6.18 Å². The van der Waals surface area contributed by atoms with E-state index in [0.29, 0.717) is 6.42 Å². The Morgan fingerprint density at radius 2 is 2.12 bits per heavy atom. The number of hydrogen-bond donors (Lipinski definition) is 1. The summed E-state index contributed by atoms with van der Waals surface area (Å²) < 4.78 is 61.8. The van der Waals surface area contributed by atoms with E-state index in [2.05, 4.69) is 11.2 Å². The summed E-state index contributed by atoms with van der Waals surface area (Å²) >= 11 is 5.54. The van der Waals surface area contributed by atoms with Gasteiger partial charge in [-0.2, -0.15) is 13.2 Å². The number of terminal acetylenes is 1. The zero-order valence-electron chi connectivity index (χ0n) is 13.5. The molecule has 0 saturated carbocycles. The van der Waals surface area contributed by atoms with Gasteiger partial charge in [-0.05, 0) is 24.6 Å². The van der Waals surface area contributed by atoms with Crippen molar-refractivity contribution in [3.63, 3.8) is 0 Å². The zero-order valence-corrected chi connectivity index (χ0v) is 15.1. The first kappa shape index (κ1) is 20.6. The topological polar surface area (TPSA) is 66.5 Å². The Morgan fingerprint density at radius 3 is 2.65 bits per heavy atom. The highest BCUT2D eigenvalue weighted by Gasteiger charge is 2.34. The first-order chi connectivity index (χ1) is 12.0. The van der Waals surface area contributed by atoms with E-state index in [1.54, 1.807) is 0 Å². The largest absolute Gasteiger partial charge is 0.417 e. The fourth-order valence-corrected chi connectivity index (χ4v) is 4.69. The first-order valence-electron chi connectivity index (χ1n) is 7.56. The molecular weight excluding hydrogens is 393 g/mol. The molecule has 1 aliphatic rings. The van der Waals surface area contributed by atoms with E-state index in [9.17, 15) is 26.4 Å². The Hall–Kier alpha value is -1.76. The minimum atomic E-state index is -4.65. The molecule has 1 atom stereocenters. The maximum absolute atomic E-state index is 12.9. The van der Waals surface area contributed by atoms with Crippen molar-refractivity contribution in [1.82, 2.24) is 4.90 Å². The van der Waals surface area contributed by atoms with E-state index in [-0.39, 0.29) is 30.3 Å². The molecule has 2 rings (SSSR count). The van der Waals surface area contributed by atoms with E-state index >= 15 is 0 Å². The van der Waals surface area contributed by atoms with Crippen LogP contribution in [0.15, 0.2) is 18.2 Å². The summed E-state index contributed by atoms with van der Waals surface area (Å²) in [7, 11) is -3.16. The lowest BCUT2D eigenvalue weighted by molar-refractivity contribution is -0.137. The predicted molar refractivity (Wildman–Crippen MR) is 92.5 cm³/mol. The second kappa shape index (κ2) is 7.86. The summed E-state index contributed by atoms with van der Waals surface area (Å²) in [6.45, 7) is -0.170. The third-order valence-corrected chi connectivity index (χ3v) is 6.00. The van der Waals surface area contributed by atoms with Gasteiger partial charge in [-0.15, -0.1) is 6.42 Å². The average molecular weight is 409 g/mol. The van der Waals surface area contributed by atoms with Crippen molar-refractivity contribution in [2.24, 2.45) is 0 Å². The van der Waals surface area contributed by atoms with Crippen molar-refractivity contribution in [1.29, 1.82) is 0 Å². The molecule has 1 heterocycles. The molecular formula is C16H16ClF3N2O3S. The normalized spacial score (nSPS) is 19.3. The van der Waals surface area contributed by atoms with Crippen LogP contribution in [0.5, 0.6) is 0 Å². The van der Waals surface area contributed by atoms with Crippen LogP contribution in [0, 0.1) is 12.3 Å². The Labute approximate surface area is 154 Å². The molecule has 1 aromatic rings. The number of sulfone groups is 1. The summed E-state index contributed by atoms with van der Waals surface area (Å²) in [5.41, 5.74) is -1.12. The van der Waals surface area contributed by atoms with Crippen LogP contribution in [0.4, 0.5) is 18.9 Å². The summed E-state index contributed by atoms with van der Waals surface area (Å²) in [5.74, 6) is 1.69. The molecule has 1 amide bonds. The van der Waals surface area contributed by atoms with Gasteiger partial charge in [-0.3, -0.25) is 9.69 Å². The monoisotopic (exact) mass is 408 g/mol. The fourth-order valence-electron chi connectivity index (χ4n) is 2.70. The highest BCUT2D eigenvalue weighted by molar-refractivity contribution is 7.91. The zero-order chi connectivity index (χ0) is 19.5. The number of hydrogen-bond acceptors (Lipinski definition) is 4. The Morgan fingerprint density at radius 1 is 1.42 bits per heavy atom. The molecule has 1 N–H and O–H groups in total. The van der Waals surface area contributed by atoms with Gasteiger partial charge in [0.2, 0.25) is 5.91 Å². The summed E-state index contributed by atoms with van der Waals surface area (Å²) in [6.07, 6.45) is 0.975. The number of carbonyl (C=O) groups is 1. The fraction of sp³-hybridized carbons (Fsp3) is 0.438. The van der Waals surface area contributed by atoms with Gasteiger partial charge < -0.3 is 5.32 Å². The number of anilines is 1. The SMILES string of the molecule is C#CCN(CC(=O)Nc1ccc(Cl)c(C(F)(F)F)c1)C1CCS(=O)(=O)C1. The highest BCUT2D eigenvalue weighted by atomic mass is 35.5. The van der Waals surface area contributed by atoms with Gasteiger partial charge in [0.05, 0.1) is 35.2 Å². The number of alkyl halides is 3. The molecule has 0 aliphatic carbocycles. The Kier molecular flexibility index (Phi) is 6.21. The summed E-state index contributed by atoms with van der Waals surface area (Å²) in [4.78, 5) is 13.7. The van der Waals surface area contributed by atoms with E-state index < -0.39 is 38.5 Å².